The molecule has 0 unspecified atom stereocenters. The van der Waals surface area contributed by atoms with Crippen molar-refractivity contribution in [1.82, 2.24) is 0 Å². The van der Waals surface area contributed by atoms with Crippen LogP contribution in [0.3, 0.4) is 0 Å². The van der Waals surface area contributed by atoms with E-state index in [1.54, 1.807) is 0 Å². The molecule has 0 fully saturated rings. The van der Waals surface area contributed by atoms with Gasteiger partial charge in [-0.25, -0.2) is 0 Å². The molecule has 0 aliphatic heterocycles. The maximum Gasteiger partial charge on any atom is 0.149 e. The fourth-order valence-electron chi connectivity index (χ4n) is 5.01. The fraction of sp³-hybridized carbons (Fsp3) is 0.294. The van der Waals surface area contributed by atoms with Gasteiger partial charge in [-0.05, 0) is 80.3 Å². The highest BCUT2D eigenvalue weighted by Crippen LogP contribution is 2.38. The summed E-state index contributed by atoms with van der Waals surface area (Å²) in [5.74, 6) is 0. The van der Waals surface area contributed by atoms with Gasteiger partial charge in [0.15, 0.2) is 0 Å². The molecule has 2 N–H and O–H groups in total. The van der Waals surface area contributed by atoms with E-state index in [0.717, 1.165) is 0 Å². The van der Waals surface area contributed by atoms with Crippen LogP contribution in [0.15, 0.2) is 84.9 Å². The van der Waals surface area contributed by atoms with Gasteiger partial charge in [-0.1, -0.05) is 126 Å². The molecule has 0 aromatic heterocycles. The summed E-state index contributed by atoms with van der Waals surface area (Å²) in [5, 5.41) is 0. The molecule has 4 aromatic rings. The van der Waals surface area contributed by atoms with Gasteiger partial charge in [0, 0.05) is 0 Å². The summed E-state index contributed by atoms with van der Waals surface area (Å²) in [6.07, 6.45) is 0. The van der Waals surface area contributed by atoms with E-state index in [-0.39, 0.29) is 10.8 Å². The van der Waals surface area contributed by atoms with E-state index < -0.39 is 9.03 Å². The molecule has 0 aliphatic carbocycles. The highest BCUT2D eigenvalue weighted by molar-refractivity contribution is 7.23. The van der Waals surface area contributed by atoms with Crippen LogP contribution in [0.25, 0.3) is 33.4 Å². The molecule has 0 amide bonds. The predicted molar refractivity (Wildman–Crippen MR) is 162 cm³/mol. The van der Waals surface area contributed by atoms with Crippen LogP contribution in [0.2, 0.25) is 0 Å². The average molecular weight is 513 g/mol. The maximum absolute atomic E-state index is 7.15. The summed E-state index contributed by atoms with van der Waals surface area (Å²) >= 11 is 0. The lowest BCUT2D eigenvalue weighted by Crippen LogP contribution is -2.13. The minimum Gasteiger partial charge on any atom is -0.352 e. The van der Waals surface area contributed by atoms with Crippen LogP contribution in [0, 0.1) is 13.8 Å². The zero-order valence-electron chi connectivity index (χ0n) is 23.5. The molecule has 0 radical (unpaired) electrons. The Hall–Kier alpha value is -2.77. The summed E-state index contributed by atoms with van der Waals surface area (Å²) in [7, 11) is -0.917. The first-order valence-electron chi connectivity index (χ1n) is 12.8. The van der Waals surface area contributed by atoms with E-state index in [1.807, 2.05) is 0 Å². The standard InChI is InChI=1S/C34H38.H3O2P/c1-23-11-9-13-29(33(3,4)5)31(23)27-19-15-25(16-20-27)26-17-21-28(22-18-26)32-24(2)12-10-14-30(32)34(6,7)8;1-3-2/h9-22H,1-8H3;1-3H. The molecular weight excluding hydrogens is 471 g/mol. The molecule has 2 nitrogen and oxygen atoms in total. The number of hydrogen-bond donors (Lipinski definition) is 2. The summed E-state index contributed by atoms with van der Waals surface area (Å²) in [6, 6.07) is 31.5. The van der Waals surface area contributed by atoms with Crippen LogP contribution in [0.1, 0.15) is 63.8 Å². The molecule has 0 saturated carbocycles. The first-order valence-corrected chi connectivity index (χ1v) is 13.7. The Kier molecular flexibility index (Phi) is 9.13. The minimum absolute atomic E-state index is 0.108. The molecular formula is C34H41O2P. The van der Waals surface area contributed by atoms with Gasteiger partial charge in [-0.15, -0.1) is 0 Å². The topological polar surface area (TPSA) is 40.5 Å². The van der Waals surface area contributed by atoms with Crippen LogP contribution < -0.4 is 0 Å². The van der Waals surface area contributed by atoms with Crippen LogP contribution >= 0.6 is 9.03 Å². The van der Waals surface area contributed by atoms with Crippen molar-refractivity contribution in [2.75, 3.05) is 0 Å². The van der Waals surface area contributed by atoms with Crippen LogP contribution in [-0.2, 0) is 10.8 Å². The molecule has 194 valence electrons. The van der Waals surface area contributed by atoms with Crippen molar-refractivity contribution in [2.24, 2.45) is 0 Å². The third-order valence-corrected chi connectivity index (χ3v) is 6.84. The molecule has 0 saturated heterocycles. The first-order chi connectivity index (χ1) is 17.4. The Morgan fingerprint density at radius 2 is 0.730 bits per heavy atom. The van der Waals surface area contributed by atoms with Crippen LogP contribution in [0.4, 0.5) is 0 Å². The molecule has 0 bridgehead atoms. The second kappa shape index (κ2) is 11.7. The van der Waals surface area contributed by atoms with E-state index >= 15 is 0 Å². The Balaban J connectivity index is 0.00000121. The predicted octanol–water partition coefficient (Wildman–Crippen LogP) is 9.38. The van der Waals surface area contributed by atoms with E-state index in [9.17, 15) is 0 Å². The van der Waals surface area contributed by atoms with Gasteiger partial charge in [0.2, 0.25) is 0 Å². The number of aryl methyl sites for hydroxylation is 2. The van der Waals surface area contributed by atoms with E-state index in [1.165, 1.54) is 55.6 Å². The lowest BCUT2D eigenvalue weighted by molar-refractivity contribution is 0.513. The molecule has 3 heteroatoms. The second-order valence-corrected chi connectivity index (χ2v) is 11.9. The average Bonchev–Trinajstić information content (AvgIpc) is 2.83. The smallest absolute Gasteiger partial charge is 0.149 e. The molecule has 0 aliphatic rings. The minimum atomic E-state index is -0.917. The van der Waals surface area contributed by atoms with Crippen LogP contribution in [0.5, 0.6) is 0 Å². The van der Waals surface area contributed by atoms with Gasteiger partial charge in [-0.2, -0.15) is 0 Å². The molecule has 4 aromatic carbocycles. The second-order valence-electron chi connectivity index (χ2n) is 11.7. The Morgan fingerprint density at radius 3 is 1.00 bits per heavy atom. The third kappa shape index (κ3) is 6.76. The number of benzene rings is 4. The first kappa shape index (κ1) is 28.8. The van der Waals surface area contributed by atoms with E-state index in [4.69, 9.17) is 9.79 Å². The summed E-state index contributed by atoms with van der Waals surface area (Å²) < 4.78 is 0. The van der Waals surface area contributed by atoms with Crippen molar-refractivity contribution in [3.8, 4) is 33.4 Å². The summed E-state index contributed by atoms with van der Waals surface area (Å²) in [6.45, 7) is 18.2. The SMILES string of the molecule is Cc1cccc(C(C)(C)C)c1-c1ccc(-c2ccc(-c3c(C)cccc3C(C)(C)C)cc2)cc1.OPO. The molecule has 0 heterocycles. The van der Waals surface area contributed by atoms with Gasteiger partial charge in [-0.3, -0.25) is 0 Å². The molecule has 0 spiro atoms. The Labute approximate surface area is 225 Å². The monoisotopic (exact) mass is 512 g/mol. The summed E-state index contributed by atoms with van der Waals surface area (Å²) in [4.78, 5) is 14.3. The van der Waals surface area contributed by atoms with Gasteiger partial charge in [0.25, 0.3) is 0 Å². The third-order valence-electron chi connectivity index (χ3n) is 6.84. The zero-order chi connectivity index (χ0) is 27.4. The Bertz CT molecular complexity index is 1220. The van der Waals surface area contributed by atoms with Gasteiger partial charge < -0.3 is 9.79 Å². The largest absolute Gasteiger partial charge is 0.352 e. The van der Waals surface area contributed by atoms with Gasteiger partial charge >= 0.3 is 0 Å². The zero-order valence-corrected chi connectivity index (χ0v) is 24.5. The lowest BCUT2D eigenvalue weighted by Gasteiger charge is -2.25. The summed E-state index contributed by atoms with van der Waals surface area (Å²) in [5.41, 5.74) is 13.5. The lowest BCUT2D eigenvalue weighted by atomic mass is 9.80. The normalized spacial score (nSPS) is 11.6. The van der Waals surface area contributed by atoms with Crippen molar-refractivity contribution < 1.29 is 9.79 Å². The quantitative estimate of drug-likeness (QED) is 0.268. The highest BCUT2D eigenvalue weighted by Gasteiger charge is 2.21. The van der Waals surface area contributed by atoms with Gasteiger partial charge in [0.05, 0.1) is 0 Å². The van der Waals surface area contributed by atoms with Gasteiger partial charge in [0.1, 0.15) is 9.03 Å². The highest BCUT2D eigenvalue weighted by atomic mass is 31.1. The fourth-order valence-corrected chi connectivity index (χ4v) is 5.01. The van der Waals surface area contributed by atoms with Crippen molar-refractivity contribution in [3.63, 3.8) is 0 Å². The van der Waals surface area contributed by atoms with Crippen molar-refractivity contribution >= 4 is 9.03 Å². The number of hydrogen-bond acceptors (Lipinski definition) is 2. The molecule has 4 rings (SSSR count). The van der Waals surface area contributed by atoms with Crippen molar-refractivity contribution in [3.05, 3.63) is 107 Å². The molecule has 0 atom stereocenters. The van der Waals surface area contributed by atoms with Crippen molar-refractivity contribution in [2.45, 2.75) is 66.2 Å². The van der Waals surface area contributed by atoms with Crippen LogP contribution in [-0.4, -0.2) is 9.79 Å². The van der Waals surface area contributed by atoms with Crippen molar-refractivity contribution in [1.29, 1.82) is 0 Å². The van der Waals surface area contributed by atoms with E-state index in [2.05, 4.69) is 140 Å². The number of rotatable bonds is 3. The molecule has 37 heavy (non-hydrogen) atoms. The maximum atomic E-state index is 7.15. The van der Waals surface area contributed by atoms with E-state index in [0.29, 0.717) is 0 Å². The Morgan fingerprint density at radius 1 is 0.459 bits per heavy atom.